The number of carbonyl (C=O) groups excluding carboxylic acids is 3. The summed E-state index contributed by atoms with van der Waals surface area (Å²) in [5.74, 6) is 0.236. The number of carbonyl (C=O) groups is 3. The lowest BCUT2D eigenvalue weighted by Crippen LogP contribution is -2.40. The fourth-order valence-corrected chi connectivity index (χ4v) is 3.62. The largest absolute Gasteiger partial charge is 0.325 e. The highest BCUT2D eigenvalue weighted by Crippen LogP contribution is 2.21. The highest BCUT2D eigenvalue weighted by molar-refractivity contribution is 6.06. The minimum absolute atomic E-state index is 0.00313. The van der Waals surface area contributed by atoms with Gasteiger partial charge in [0.15, 0.2) is 0 Å². The molecule has 0 atom stereocenters. The molecule has 1 aliphatic rings. The van der Waals surface area contributed by atoms with Gasteiger partial charge in [-0.15, -0.1) is 0 Å². The Morgan fingerprint density at radius 3 is 2.65 bits per heavy atom. The molecule has 31 heavy (non-hydrogen) atoms. The number of hydrazone groups is 1. The molecular weight excluding hydrogens is 398 g/mol. The number of hydrogen-bond donors (Lipinski definition) is 2. The van der Waals surface area contributed by atoms with Crippen LogP contribution in [0, 0.1) is 13.8 Å². The Hall–Kier alpha value is -3.43. The van der Waals surface area contributed by atoms with Gasteiger partial charge in [0.25, 0.3) is 5.91 Å². The summed E-state index contributed by atoms with van der Waals surface area (Å²) in [4.78, 5) is 37.2. The standard InChI is InChI=1S/C21H29N7O3/c1-13(2)28-18(7-9-23-28)27-14(3)11-16(15(27)4)12-22-25-17(29)8-10-26-19(30)21(5,6)24-20(26)31/h7,9,11-13H,8,10H2,1-6H3,(H,24,31)(H,25,29)/b22-12-. The minimum Gasteiger partial charge on any atom is -0.324 e. The summed E-state index contributed by atoms with van der Waals surface area (Å²) in [7, 11) is 0. The second-order valence-corrected chi connectivity index (χ2v) is 8.44. The zero-order valence-electron chi connectivity index (χ0n) is 18.8. The Morgan fingerprint density at radius 1 is 1.32 bits per heavy atom. The van der Waals surface area contributed by atoms with Crippen LogP contribution in [0.2, 0.25) is 0 Å². The van der Waals surface area contributed by atoms with Crippen LogP contribution in [0.4, 0.5) is 4.79 Å². The summed E-state index contributed by atoms with van der Waals surface area (Å²) in [6, 6.07) is 3.68. The van der Waals surface area contributed by atoms with Crippen molar-refractivity contribution in [2.45, 2.75) is 59.5 Å². The van der Waals surface area contributed by atoms with Crippen LogP contribution in [0.1, 0.15) is 57.1 Å². The first-order valence-electron chi connectivity index (χ1n) is 10.2. The van der Waals surface area contributed by atoms with E-state index in [4.69, 9.17) is 0 Å². The van der Waals surface area contributed by atoms with Crippen molar-refractivity contribution in [3.8, 4) is 5.82 Å². The Balaban J connectivity index is 1.63. The average molecular weight is 428 g/mol. The predicted molar refractivity (Wildman–Crippen MR) is 116 cm³/mol. The molecule has 1 saturated heterocycles. The summed E-state index contributed by atoms with van der Waals surface area (Å²) in [5.41, 5.74) is 4.37. The Bertz CT molecular complexity index is 1050. The van der Waals surface area contributed by atoms with E-state index in [1.54, 1.807) is 26.3 Å². The molecule has 0 saturated carbocycles. The van der Waals surface area contributed by atoms with Crippen molar-refractivity contribution in [3.63, 3.8) is 0 Å². The number of hydrogen-bond acceptors (Lipinski definition) is 5. The molecule has 10 heteroatoms. The maximum atomic E-state index is 12.2. The maximum Gasteiger partial charge on any atom is 0.325 e. The highest BCUT2D eigenvalue weighted by Gasteiger charge is 2.43. The van der Waals surface area contributed by atoms with Crippen LogP contribution < -0.4 is 10.7 Å². The molecule has 0 bridgehead atoms. The molecular formula is C21H29N7O3. The second-order valence-electron chi connectivity index (χ2n) is 8.44. The Kier molecular flexibility index (Phi) is 6.01. The minimum atomic E-state index is -0.945. The number of rotatable bonds is 7. The van der Waals surface area contributed by atoms with E-state index in [1.807, 2.05) is 30.7 Å². The van der Waals surface area contributed by atoms with Crippen LogP contribution in [-0.4, -0.2) is 55.4 Å². The Labute approximate surface area is 181 Å². The summed E-state index contributed by atoms with van der Waals surface area (Å²) >= 11 is 0. The topological polar surface area (TPSA) is 114 Å². The molecule has 2 aromatic rings. The number of aromatic nitrogens is 3. The van der Waals surface area contributed by atoms with Gasteiger partial charge < -0.3 is 9.88 Å². The summed E-state index contributed by atoms with van der Waals surface area (Å²) in [6.45, 7) is 11.4. The van der Waals surface area contributed by atoms with E-state index >= 15 is 0 Å². The van der Waals surface area contributed by atoms with Gasteiger partial charge >= 0.3 is 6.03 Å². The van der Waals surface area contributed by atoms with E-state index in [0.717, 1.165) is 27.7 Å². The van der Waals surface area contributed by atoms with Crippen molar-refractivity contribution in [2.75, 3.05) is 6.54 Å². The molecule has 1 aliphatic heterocycles. The smallest absolute Gasteiger partial charge is 0.324 e. The van der Waals surface area contributed by atoms with Gasteiger partial charge in [0, 0.05) is 42.0 Å². The second kappa shape index (κ2) is 8.37. The lowest BCUT2D eigenvalue weighted by Gasteiger charge is -2.15. The zero-order valence-corrected chi connectivity index (χ0v) is 18.8. The number of aryl methyl sites for hydroxylation is 1. The molecule has 1 fully saturated rings. The first-order valence-corrected chi connectivity index (χ1v) is 10.2. The SMILES string of the molecule is Cc1cc(/C=N\NC(=O)CCN2C(=O)NC(C)(C)C2=O)c(C)n1-c1ccnn1C(C)C. The van der Waals surface area contributed by atoms with Crippen molar-refractivity contribution in [2.24, 2.45) is 5.10 Å². The van der Waals surface area contributed by atoms with Gasteiger partial charge in [0.2, 0.25) is 5.91 Å². The molecule has 0 unspecified atom stereocenters. The predicted octanol–water partition coefficient (Wildman–Crippen LogP) is 2.04. The molecule has 0 spiro atoms. The number of urea groups is 1. The van der Waals surface area contributed by atoms with Crippen LogP contribution in [0.15, 0.2) is 23.4 Å². The van der Waals surface area contributed by atoms with Crippen molar-refractivity contribution < 1.29 is 14.4 Å². The van der Waals surface area contributed by atoms with Crippen molar-refractivity contribution in [3.05, 3.63) is 35.3 Å². The monoisotopic (exact) mass is 427 g/mol. The lowest BCUT2D eigenvalue weighted by atomic mass is 10.1. The molecule has 0 radical (unpaired) electrons. The summed E-state index contributed by atoms with van der Waals surface area (Å²) in [5, 5.41) is 11.0. The van der Waals surface area contributed by atoms with Gasteiger partial charge in [-0.3, -0.25) is 14.5 Å². The van der Waals surface area contributed by atoms with Crippen LogP contribution in [0.3, 0.4) is 0 Å². The van der Waals surface area contributed by atoms with Gasteiger partial charge in [-0.1, -0.05) is 0 Å². The quantitative estimate of drug-likeness (QED) is 0.400. The van der Waals surface area contributed by atoms with Gasteiger partial charge in [0.1, 0.15) is 11.4 Å². The number of imide groups is 1. The molecule has 2 N–H and O–H groups in total. The molecule has 4 amide bonds. The number of amides is 4. The summed E-state index contributed by atoms with van der Waals surface area (Å²) in [6.07, 6.45) is 3.33. The van der Waals surface area contributed by atoms with Gasteiger partial charge in [-0.25, -0.2) is 14.9 Å². The van der Waals surface area contributed by atoms with E-state index in [-0.39, 0.29) is 30.8 Å². The van der Waals surface area contributed by atoms with Gasteiger partial charge in [-0.2, -0.15) is 10.2 Å². The molecule has 10 nitrogen and oxygen atoms in total. The third-order valence-electron chi connectivity index (χ3n) is 5.24. The maximum absolute atomic E-state index is 12.2. The molecule has 3 heterocycles. The number of nitrogens with one attached hydrogen (secondary N) is 2. The summed E-state index contributed by atoms with van der Waals surface area (Å²) < 4.78 is 4.04. The third kappa shape index (κ3) is 4.37. The van der Waals surface area contributed by atoms with Crippen molar-refractivity contribution >= 4 is 24.1 Å². The fraction of sp³-hybridized carbons (Fsp3) is 0.476. The zero-order chi connectivity index (χ0) is 22.9. The van der Waals surface area contributed by atoms with Crippen LogP contribution in [0.25, 0.3) is 5.82 Å². The van der Waals surface area contributed by atoms with E-state index in [0.29, 0.717) is 0 Å². The highest BCUT2D eigenvalue weighted by atomic mass is 16.2. The average Bonchev–Trinajstić information content (AvgIpc) is 3.30. The van der Waals surface area contributed by atoms with Gasteiger partial charge in [-0.05, 0) is 47.6 Å². The van der Waals surface area contributed by atoms with Gasteiger partial charge in [0.05, 0.1) is 12.4 Å². The molecule has 166 valence electrons. The fourth-order valence-electron chi connectivity index (χ4n) is 3.62. The molecule has 0 aromatic carbocycles. The van der Waals surface area contributed by atoms with Crippen molar-refractivity contribution in [1.29, 1.82) is 0 Å². The van der Waals surface area contributed by atoms with E-state index in [1.165, 1.54) is 0 Å². The lowest BCUT2D eigenvalue weighted by molar-refractivity contribution is -0.130. The van der Waals surface area contributed by atoms with E-state index < -0.39 is 11.6 Å². The van der Waals surface area contributed by atoms with Crippen LogP contribution in [0.5, 0.6) is 0 Å². The van der Waals surface area contributed by atoms with Crippen LogP contribution in [-0.2, 0) is 9.59 Å². The first-order chi connectivity index (χ1) is 14.5. The number of nitrogens with zero attached hydrogens (tertiary/aromatic N) is 5. The molecule has 2 aromatic heterocycles. The van der Waals surface area contributed by atoms with Crippen molar-refractivity contribution in [1.82, 2.24) is 30.0 Å². The normalized spacial score (nSPS) is 15.9. The van der Waals surface area contributed by atoms with E-state index in [2.05, 4.69) is 39.4 Å². The van der Waals surface area contributed by atoms with Crippen LogP contribution >= 0.6 is 0 Å². The Morgan fingerprint density at radius 2 is 2.03 bits per heavy atom. The third-order valence-corrected chi connectivity index (χ3v) is 5.24. The molecule has 0 aliphatic carbocycles. The van der Waals surface area contributed by atoms with E-state index in [9.17, 15) is 14.4 Å². The first kappa shape index (κ1) is 22.3. The molecule has 3 rings (SSSR count).